The number of halogens is 5. The van der Waals surface area contributed by atoms with Gasteiger partial charge in [-0.3, -0.25) is 9.59 Å². The Labute approximate surface area is 133 Å². The highest BCUT2D eigenvalue weighted by Crippen LogP contribution is 2.29. The van der Waals surface area contributed by atoms with E-state index in [1.807, 2.05) is 0 Å². The molecule has 0 fully saturated rings. The van der Waals surface area contributed by atoms with E-state index in [-0.39, 0.29) is 10.0 Å². The van der Waals surface area contributed by atoms with Crippen molar-refractivity contribution < 1.29 is 27.2 Å². The number of allylic oxidation sites excluding steroid dienone is 1. The summed E-state index contributed by atoms with van der Waals surface area (Å²) in [7, 11) is 0. The van der Waals surface area contributed by atoms with Crippen LogP contribution in [-0.4, -0.2) is 17.7 Å². The number of alkyl halides is 3. The first-order valence-corrected chi connectivity index (χ1v) is 6.96. The van der Waals surface area contributed by atoms with Crippen molar-refractivity contribution in [3.63, 3.8) is 0 Å². The minimum absolute atomic E-state index is 0.0169. The van der Waals surface area contributed by atoms with E-state index in [4.69, 9.17) is 0 Å². The summed E-state index contributed by atoms with van der Waals surface area (Å²) in [5.41, 5.74) is -2.03. The highest BCUT2D eigenvalue weighted by atomic mass is 79.9. The normalized spacial score (nSPS) is 13.2. The van der Waals surface area contributed by atoms with E-state index < -0.39 is 34.5 Å². The fourth-order valence-electron chi connectivity index (χ4n) is 1.56. The van der Waals surface area contributed by atoms with Gasteiger partial charge in [-0.05, 0) is 39.7 Å². The first-order valence-electron chi connectivity index (χ1n) is 6.17. The smallest absolute Gasteiger partial charge is 0.293 e. The van der Waals surface area contributed by atoms with E-state index in [1.165, 1.54) is 32.9 Å². The van der Waals surface area contributed by atoms with Crippen LogP contribution in [0.4, 0.5) is 17.6 Å². The molecule has 0 saturated heterocycles. The third kappa shape index (κ3) is 4.50. The molecule has 7 heteroatoms. The Morgan fingerprint density at radius 2 is 1.64 bits per heavy atom. The molecule has 0 atom stereocenters. The lowest BCUT2D eigenvalue weighted by Crippen LogP contribution is -2.33. The van der Waals surface area contributed by atoms with Crippen LogP contribution in [0, 0.1) is 11.2 Å². The number of rotatable bonds is 3. The SMILES string of the molecule is CC(C)(C)C(=O)/C(=C/c1ccc(F)c(Br)c1)C(=O)C(F)(F)F. The highest BCUT2D eigenvalue weighted by Gasteiger charge is 2.44. The van der Waals surface area contributed by atoms with Gasteiger partial charge in [0.2, 0.25) is 0 Å². The van der Waals surface area contributed by atoms with Crippen molar-refractivity contribution in [2.75, 3.05) is 0 Å². The molecule has 0 saturated carbocycles. The molecule has 0 N–H and O–H groups in total. The van der Waals surface area contributed by atoms with Crippen molar-refractivity contribution in [2.45, 2.75) is 26.9 Å². The average Bonchev–Trinajstić information content (AvgIpc) is 2.36. The molecule has 0 radical (unpaired) electrons. The van der Waals surface area contributed by atoms with E-state index in [2.05, 4.69) is 15.9 Å². The topological polar surface area (TPSA) is 34.1 Å². The second-order valence-electron chi connectivity index (χ2n) is 5.64. The van der Waals surface area contributed by atoms with Gasteiger partial charge in [-0.2, -0.15) is 13.2 Å². The number of ketones is 2. The molecule has 0 aliphatic carbocycles. The number of hydrogen-bond donors (Lipinski definition) is 0. The van der Waals surface area contributed by atoms with Gasteiger partial charge in [-0.1, -0.05) is 26.8 Å². The molecule has 0 spiro atoms. The third-order valence-corrected chi connectivity index (χ3v) is 3.29. The molecule has 0 heterocycles. The molecule has 120 valence electrons. The van der Waals surface area contributed by atoms with E-state index >= 15 is 0 Å². The van der Waals surface area contributed by atoms with Gasteiger partial charge in [0, 0.05) is 5.41 Å². The number of benzene rings is 1. The molecule has 0 amide bonds. The zero-order chi connectivity index (χ0) is 17.3. The van der Waals surface area contributed by atoms with Crippen LogP contribution >= 0.6 is 15.9 Å². The number of Topliss-reactive ketones (excluding diaryl/α,β-unsaturated/α-hetero) is 2. The Bertz CT molecular complexity index is 612. The predicted molar refractivity (Wildman–Crippen MR) is 77.6 cm³/mol. The first kappa shape index (κ1) is 18.5. The summed E-state index contributed by atoms with van der Waals surface area (Å²) in [5, 5.41) is 0. The summed E-state index contributed by atoms with van der Waals surface area (Å²) in [6.45, 7) is 4.23. The van der Waals surface area contributed by atoms with Crippen LogP contribution in [-0.2, 0) is 9.59 Å². The van der Waals surface area contributed by atoms with Crippen molar-refractivity contribution in [1.82, 2.24) is 0 Å². The second kappa shape index (κ2) is 6.32. The van der Waals surface area contributed by atoms with Gasteiger partial charge in [-0.25, -0.2) is 4.39 Å². The summed E-state index contributed by atoms with van der Waals surface area (Å²) < 4.78 is 51.2. The summed E-state index contributed by atoms with van der Waals surface area (Å²) in [6, 6.07) is 3.39. The molecule has 2 nitrogen and oxygen atoms in total. The average molecular weight is 381 g/mol. The molecule has 22 heavy (non-hydrogen) atoms. The monoisotopic (exact) mass is 380 g/mol. The van der Waals surface area contributed by atoms with Crippen LogP contribution in [0.15, 0.2) is 28.2 Å². The van der Waals surface area contributed by atoms with Gasteiger partial charge < -0.3 is 0 Å². The van der Waals surface area contributed by atoms with Crippen LogP contribution in [0.25, 0.3) is 6.08 Å². The van der Waals surface area contributed by atoms with Crippen molar-refractivity contribution >= 4 is 33.6 Å². The Morgan fingerprint density at radius 1 is 1.09 bits per heavy atom. The van der Waals surface area contributed by atoms with Crippen LogP contribution in [0.2, 0.25) is 0 Å². The summed E-state index contributed by atoms with van der Waals surface area (Å²) in [6.07, 6.45) is -4.34. The Morgan fingerprint density at radius 3 is 2.05 bits per heavy atom. The van der Waals surface area contributed by atoms with Crippen molar-refractivity contribution in [3.05, 3.63) is 39.6 Å². The lowest BCUT2D eigenvalue weighted by molar-refractivity contribution is -0.167. The van der Waals surface area contributed by atoms with Gasteiger partial charge in [0.1, 0.15) is 5.82 Å². The molecule has 0 aliphatic heterocycles. The minimum atomic E-state index is -5.16. The van der Waals surface area contributed by atoms with E-state index in [9.17, 15) is 27.2 Å². The first-order chi connectivity index (χ1) is 9.84. The van der Waals surface area contributed by atoms with Gasteiger partial charge in [0.05, 0.1) is 10.0 Å². The van der Waals surface area contributed by atoms with Crippen molar-refractivity contribution in [1.29, 1.82) is 0 Å². The fourth-order valence-corrected chi connectivity index (χ4v) is 1.96. The van der Waals surface area contributed by atoms with E-state index in [0.717, 1.165) is 12.1 Å². The van der Waals surface area contributed by atoms with Gasteiger partial charge in [0.25, 0.3) is 5.78 Å². The molecular weight excluding hydrogens is 368 g/mol. The summed E-state index contributed by atoms with van der Waals surface area (Å²) in [5.74, 6) is -3.76. The second-order valence-corrected chi connectivity index (χ2v) is 6.49. The van der Waals surface area contributed by atoms with E-state index in [1.54, 1.807) is 0 Å². The minimum Gasteiger partial charge on any atom is -0.293 e. The Hall–Kier alpha value is -1.50. The van der Waals surface area contributed by atoms with Gasteiger partial charge >= 0.3 is 6.18 Å². The van der Waals surface area contributed by atoms with Crippen LogP contribution in [0.5, 0.6) is 0 Å². The lowest BCUT2D eigenvalue weighted by Gasteiger charge is -2.19. The number of carbonyl (C=O) groups excluding carboxylic acids is 2. The zero-order valence-electron chi connectivity index (χ0n) is 12.0. The van der Waals surface area contributed by atoms with Crippen molar-refractivity contribution in [3.8, 4) is 0 Å². The zero-order valence-corrected chi connectivity index (χ0v) is 13.6. The van der Waals surface area contributed by atoms with Gasteiger partial charge in [-0.15, -0.1) is 0 Å². The summed E-state index contributed by atoms with van der Waals surface area (Å²) >= 11 is 2.89. The Kier molecular flexibility index (Phi) is 5.33. The van der Waals surface area contributed by atoms with Crippen LogP contribution in [0.1, 0.15) is 26.3 Å². The quantitative estimate of drug-likeness (QED) is 0.329. The fraction of sp³-hybridized carbons (Fsp3) is 0.333. The lowest BCUT2D eigenvalue weighted by atomic mass is 9.84. The predicted octanol–water partition coefficient (Wildman–Crippen LogP) is 4.72. The van der Waals surface area contributed by atoms with Crippen molar-refractivity contribution in [2.24, 2.45) is 5.41 Å². The molecular formula is C15H13BrF4O2. The third-order valence-electron chi connectivity index (χ3n) is 2.68. The number of carbonyl (C=O) groups is 2. The summed E-state index contributed by atoms with van der Waals surface area (Å²) in [4.78, 5) is 23.6. The van der Waals surface area contributed by atoms with Crippen LogP contribution < -0.4 is 0 Å². The van der Waals surface area contributed by atoms with Gasteiger partial charge in [0.15, 0.2) is 5.78 Å². The molecule has 0 aliphatic rings. The Balaban J connectivity index is 3.43. The maximum Gasteiger partial charge on any atom is 0.455 e. The number of hydrogen-bond acceptors (Lipinski definition) is 2. The van der Waals surface area contributed by atoms with Crippen LogP contribution in [0.3, 0.4) is 0 Å². The standard InChI is InChI=1S/C15H13BrF4O2/c1-14(2,3)12(21)9(13(22)15(18,19)20)6-8-4-5-11(17)10(16)7-8/h4-7H,1-3H3/b9-6-. The maximum atomic E-state index is 13.2. The molecule has 0 unspecified atom stereocenters. The molecule has 0 aromatic heterocycles. The molecule has 1 aromatic carbocycles. The van der Waals surface area contributed by atoms with E-state index in [0.29, 0.717) is 0 Å². The molecule has 1 aromatic rings. The maximum absolute atomic E-state index is 13.2. The largest absolute Gasteiger partial charge is 0.455 e. The molecule has 0 bridgehead atoms. The molecule has 1 rings (SSSR count). The highest BCUT2D eigenvalue weighted by molar-refractivity contribution is 9.10.